The Bertz CT molecular complexity index is 366. The van der Waals surface area contributed by atoms with Gasteiger partial charge in [0.05, 0.1) is 0 Å². The van der Waals surface area contributed by atoms with Crippen LogP contribution in [0.2, 0.25) is 5.02 Å². The molecule has 1 atom stereocenters. The van der Waals surface area contributed by atoms with Crippen molar-refractivity contribution in [1.82, 2.24) is 5.32 Å². The standard InChI is InChI=1S/C12H18ClFN2/c1-7(2)16-6-12(15)9-5-11(14)8(3)4-10(9)13/h4-5,7,12,16H,6,15H2,1-3H3. The van der Waals surface area contributed by atoms with Crippen LogP contribution in [0.25, 0.3) is 0 Å². The molecule has 90 valence electrons. The number of nitrogens with two attached hydrogens (primary N) is 1. The molecule has 0 bridgehead atoms. The Labute approximate surface area is 101 Å². The largest absolute Gasteiger partial charge is 0.323 e. The summed E-state index contributed by atoms with van der Waals surface area (Å²) in [7, 11) is 0. The van der Waals surface area contributed by atoms with Gasteiger partial charge in [0.2, 0.25) is 0 Å². The van der Waals surface area contributed by atoms with E-state index in [0.717, 1.165) is 0 Å². The highest BCUT2D eigenvalue weighted by atomic mass is 35.5. The molecule has 2 nitrogen and oxygen atoms in total. The van der Waals surface area contributed by atoms with Gasteiger partial charge in [0.15, 0.2) is 0 Å². The fraction of sp³-hybridized carbons (Fsp3) is 0.500. The summed E-state index contributed by atoms with van der Waals surface area (Å²) in [6.07, 6.45) is 0. The first-order chi connectivity index (χ1) is 7.41. The fourth-order valence-corrected chi connectivity index (χ4v) is 1.78. The molecular weight excluding hydrogens is 227 g/mol. The molecule has 1 aromatic carbocycles. The Morgan fingerprint density at radius 1 is 1.44 bits per heavy atom. The molecule has 0 amide bonds. The summed E-state index contributed by atoms with van der Waals surface area (Å²) in [5.41, 5.74) is 7.14. The van der Waals surface area contributed by atoms with Gasteiger partial charge in [0, 0.05) is 23.7 Å². The summed E-state index contributed by atoms with van der Waals surface area (Å²) in [4.78, 5) is 0. The van der Waals surface area contributed by atoms with E-state index in [4.69, 9.17) is 17.3 Å². The smallest absolute Gasteiger partial charge is 0.126 e. The van der Waals surface area contributed by atoms with E-state index in [2.05, 4.69) is 5.32 Å². The van der Waals surface area contributed by atoms with Crippen molar-refractivity contribution in [2.75, 3.05) is 6.54 Å². The van der Waals surface area contributed by atoms with Gasteiger partial charge in [-0.05, 0) is 30.2 Å². The van der Waals surface area contributed by atoms with Gasteiger partial charge in [0.25, 0.3) is 0 Å². The zero-order valence-electron chi connectivity index (χ0n) is 9.85. The highest BCUT2D eigenvalue weighted by Crippen LogP contribution is 2.24. The summed E-state index contributed by atoms with van der Waals surface area (Å²) in [6.45, 7) is 6.33. The lowest BCUT2D eigenvalue weighted by atomic mass is 10.0. The van der Waals surface area contributed by atoms with E-state index in [-0.39, 0.29) is 11.9 Å². The molecule has 1 rings (SSSR count). The molecule has 0 fully saturated rings. The molecule has 0 aliphatic carbocycles. The van der Waals surface area contributed by atoms with Crippen LogP contribution < -0.4 is 11.1 Å². The SMILES string of the molecule is Cc1cc(Cl)c(C(N)CNC(C)C)cc1F. The number of benzene rings is 1. The van der Waals surface area contributed by atoms with Crippen LogP contribution in [0.4, 0.5) is 4.39 Å². The van der Waals surface area contributed by atoms with Crippen LogP contribution in [0.15, 0.2) is 12.1 Å². The Morgan fingerprint density at radius 3 is 2.62 bits per heavy atom. The number of aryl methyl sites for hydroxylation is 1. The van der Waals surface area contributed by atoms with Gasteiger partial charge in [-0.25, -0.2) is 4.39 Å². The monoisotopic (exact) mass is 244 g/mol. The minimum atomic E-state index is -0.287. The molecular formula is C12H18ClFN2. The first kappa shape index (κ1) is 13.4. The summed E-state index contributed by atoms with van der Waals surface area (Å²) < 4.78 is 13.4. The molecule has 1 aromatic rings. The molecule has 4 heteroatoms. The maximum absolute atomic E-state index is 13.4. The molecule has 0 aliphatic heterocycles. The number of rotatable bonds is 4. The Balaban J connectivity index is 2.82. The normalized spacial score (nSPS) is 13.2. The van der Waals surface area contributed by atoms with Crippen molar-refractivity contribution in [3.05, 3.63) is 34.1 Å². The van der Waals surface area contributed by atoms with Gasteiger partial charge in [0.1, 0.15) is 5.82 Å². The number of nitrogens with one attached hydrogen (secondary N) is 1. The van der Waals surface area contributed by atoms with Gasteiger partial charge in [-0.2, -0.15) is 0 Å². The molecule has 0 aliphatic rings. The molecule has 16 heavy (non-hydrogen) atoms. The third-order valence-corrected chi connectivity index (χ3v) is 2.75. The Morgan fingerprint density at radius 2 is 2.06 bits per heavy atom. The summed E-state index contributed by atoms with van der Waals surface area (Å²) in [6, 6.07) is 3.09. The van der Waals surface area contributed by atoms with Crippen molar-refractivity contribution >= 4 is 11.6 Å². The maximum atomic E-state index is 13.4. The van der Waals surface area contributed by atoms with Crippen molar-refractivity contribution in [1.29, 1.82) is 0 Å². The highest BCUT2D eigenvalue weighted by Gasteiger charge is 2.13. The molecule has 0 radical (unpaired) electrons. The molecule has 0 saturated carbocycles. The molecule has 0 heterocycles. The highest BCUT2D eigenvalue weighted by molar-refractivity contribution is 6.31. The number of hydrogen-bond donors (Lipinski definition) is 2. The quantitative estimate of drug-likeness (QED) is 0.855. The first-order valence-corrected chi connectivity index (χ1v) is 5.74. The second kappa shape index (κ2) is 5.62. The minimum absolute atomic E-state index is 0.264. The molecule has 0 spiro atoms. The van der Waals surface area contributed by atoms with Crippen molar-refractivity contribution < 1.29 is 4.39 Å². The van der Waals surface area contributed by atoms with E-state index in [9.17, 15) is 4.39 Å². The van der Waals surface area contributed by atoms with Crippen LogP contribution in [0, 0.1) is 12.7 Å². The van der Waals surface area contributed by atoms with Crippen LogP contribution in [-0.4, -0.2) is 12.6 Å². The second-order valence-corrected chi connectivity index (χ2v) is 4.70. The summed E-state index contributed by atoms with van der Waals surface area (Å²) >= 11 is 6.04. The van der Waals surface area contributed by atoms with Crippen molar-refractivity contribution in [3.8, 4) is 0 Å². The van der Waals surface area contributed by atoms with Crippen molar-refractivity contribution in [2.24, 2.45) is 5.73 Å². The van der Waals surface area contributed by atoms with E-state index in [1.54, 1.807) is 13.0 Å². The third kappa shape index (κ3) is 3.44. The van der Waals surface area contributed by atoms with Gasteiger partial charge in [-0.15, -0.1) is 0 Å². The van der Waals surface area contributed by atoms with E-state index >= 15 is 0 Å². The molecule has 3 N–H and O–H groups in total. The number of hydrogen-bond acceptors (Lipinski definition) is 2. The van der Waals surface area contributed by atoms with E-state index in [1.807, 2.05) is 13.8 Å². The van der Waals surface area contributed by atoms with Gasteiger partial charge in [-0.1, -0.05) is 25.4 Å². The molecule has 0 aromatic heterocycles. The predicted molar refractivity (Wildman–Crippen MR) is 66.2 cm³/mol. The predicted octanol–water partition coefficient (Wildman–Crippen LogP) is 2.79. The zero-order valence-corrected chi connectivity index (χ0v) is 10.6. The molecule has 1 unspecified atom stereocenters. The first-order valence-electron chi connectivity index (χ1n) is 5.36. The van der Waals surface area contributed by atoms with Crippen molar-refractivity contribution in [2.45, 2.75) is 32.9 Å². The van der Waals surface area contributed by atoms with Crippen LogP contribution in [0.1, 0.15) is 31.0 Å². The van der Waals surface area contributed by atoms with Gasteiger partial charge < -0.3 is 11.1 Å². The number of halogens is 2. The third-order valence-electron chi connectivity index (χ3n) is 2.42. The van der Waals surface area contributed by atoms with Crippen molar-refractivity contribution in [3.63, 3.8) is 0 Å². The fourth-order valence-electron chi connectivity index (χ4n) is 1.42. The van der Waals surface area contributed by atoms with Crippen LogP contribution >= 0.6 is 11.6 Å². The van der Waals surface area contributed by atoms with E-state index in [0.29, 0.717) is 28.7 Å². The molecule has 0 saturated heterocycles. The lowest BCUT2D eigenvalue weighted by Crippen LogP contribution is -2.31. The lowest BCUT2D eigenvalue weighted by Gasteiger charge is -2.17. The minimum Gasteiger partial charge on any atom is -0.323 e. The van der Waals surface area contributed by atoms with Crippen LogP contribution in [0.3, 0.4) is 0 Å². The average Bonchev–Trinajstić information content (AvgIpc) is 2.20. The van der Waals surface area contributed by atoms with Crippen LogP contribution in [0.5, 0.6) is 0 Å². The van der Waals surface area contributed by atoms with Gasteiger partial charge >= 0.3 is 0 Å². The lowest BCUT2D eigenvalue weighted by molar-refractivity contribution is 0.534. The average molecular weight is 245 g/mol. The van der Waals surface area contributed by atoms with Gasteiger partial charge in [-0.3, -0.25) is 0 Å². The summed E-state index contributed by atoms with van der Waals surface area (Å²) in [5.74, 6) is -0.264. The zero-order chi connectivity index (χ0) is 12.3. The summed E-state index contributed by atoms with van der Waals surface area (Å²) in [5, 5.41) is 3.72. The van der Waals surface area contributed by atoms with E-state index in [1.165, 1.54) is 6.07 Å². The maximum Gasteiger partial charge on any atom is 0.126 e. The Hall–Kier alpha value is -0.640. The van der Waals surface area contributed by atoms with Crippen LogP contribution in [-0.2, 0) is 0 Å². The Kier molecular flexibility index (Phi) is 4.71. The van der Waals surface area contributed by atoms with E-state index < -0.39 is 0 Å². The second-order valence-electron chi connectivity index (χ2n) is 4.29. The topological polar surface area (TPSA) is 38.0 Å².